The van der Waals surface area contributed by atoms with Crippen LogP contribution in [0.2, 0.25) is 0 Å². The van der Waals surface area contributed by atoms with Crippen molar-refractivity contribution < 1.29 is 14.3 Å². The lowest BCUT2D eigenvalue weighted by Gasteiger charge is -2.61. The van der Waals surface area contributed by atoms with Crippen LogP contribution in [-0.4, -0.2) is 23.0 Å². The second kappa shape index (κ2) is 8.21. The van der Waals surface area contributed by atoms with E-state index < -0.39 is 11.4 Å². The van der Waals surface area contributed by atoms with Crippen molar-refractivity contribution >= 4 is 17.2 Å². The molecule has 0 heterocycles. The minimum atomic E-state index is -0.498. The number of carbonyl (C=O) groups excluding carboxylic acids is 1. The summed E-state index contributed by atoms with van der Waals surface area (Å²) in [4.78, 5) is 13.4. The number of halogens is 1. The number of anilines is 2. The Kier molecular flexibility index (Phi) is 5.82. The van der Waals surface area contributed by atoms with E-state index in [0.717, 1.165) is 44.4 Å². The normalized spacial score (nSPS) is 43.5. The maximum atomic E-state index is 14.2. The molecule has 0 aliphatic heterocycles. The first kappa shape index (κ1) is 24.1. The minimum absolute atomic E-state index is 0.0629. The van der Waals surface area contributed by atoms with Gasteiger partial charge in [0.2, 0.25) is 0 Å². The Morgan fingerprint density at radius 2 is 1.79 bits per heavy atom. The topological polar surface area (TPSA) is 75.3 Å². The number of nitrogen functional groups attached to an aromatic ring is 1. The molecule has 0 saturated heterocycles. The Labute approximate surface area is 204 Å². The maximum absolute atomic E-state index is 14.2. The zero-order valence-corrected chi connectivity index (χ0v) is 21.4. The van der Waals surface area contributed by atoms with Crippen LogP contribution >= 0.6 is 0 Å². The number of nitrogens with two attached hydrogens (primary N) is 1. The van der Waals surface area contributed by atoms with Crippen molar-refractivity contribution in [2.24, 2.45) is 40.4 Å². The van der Waals surface area contributed by atoms with Gasteiger partial charge in [-0.15, -0.1) is 0 Å². The second-order valence-corrected chi connectivity index (χ2v) is 13.0. The van der Waals surface area contributed by atoms with Crippen molar-refractivity contribution in [2.75, 3.05) is 17.6 Å². The van der Waals surface area contributed by atoms with E-state index in [0.29, 0.717) is 34.4 Å². The van der Waals surface area contributed by atoms with Crippen LogP contribution in [-0.2, 0) is 4.79 Å². The van der Waals surface area contributed by atoms with E-state index >= 15 is 0 Å². The van der Waals surface area contributed by atoms with Crippen LogP contribution in [0, 0.1) is 53.2 Å². The predicted octanol–water partition coefficient (Wildman–Crippen LogP) is 6.11. The lowest BCUT2D eigenvalue weighted by molar-refractivity contribution is -0.150. The van der Waals surface area contributed by atoms with E-state index in [-0.39, 0.29) is 29.3 Å². The molecule has 0 spiro atoms. The Morgan fingerprint density at radius 1 is 1.06 bits per heavy atom. The molecular weight excluding hydrogens is 427 g/mol. The molecule has 4 fully saturated rings. The lowest BCUT2D eigenvalue weighted by atomic mass is 9.44. The maximum Gasteiger partial charge on any atom is 0.155 e. The van der Waals surface area contributed by atoms with Gasteiger partial charge in [0.05, 0.1) is 23.5 Å². The van der Waals surface area contributed by atoms with Gasteiger partial charge in [0.25, 0.3) is 0 Å². The molecule has 0 unspecified atom stereocenters. The van der Waals surface area contributed by atoms with E-state index in [1.54, 1.807) is 19.1 Å². The number of benzene rings is 1. The molecule has 4 N–H and O–H groups in total. The van der Waals surface area contributed by atoms with Crippen LogP contribution in [0.5, 0.6) is 0 Å². The van der Waals surface area contributed by atoms with Crippen molar-refractivity contribution in [1.82, 2.24) is 0 Å². The third-order valence-corrected chi connectivity index (χ3v) is 11.2. The highest BCUT2D eigenvalue weighted by Crippen LogP contribution is 2.68. The largest absolute Gasteiger partial charge is 0.395 e. The predicted molar refractivity (Wildman–Crippen MR) is 135 cm³/mol. The fourth-order valence-electron chi connectivity index (χ4n) is 9.12. The molecule has 0 bridgehead atoms. The molecule has 0 amide bonds. The molecule has 4 aliphatic carbocycles. The fourth-order valence-corrected chi connectivity index (χ4v) is 9.12. The van der Waals surface area contributed by atoms with E-state index in [4.69, 9.17) is 5.73 Å². The van der Waals surface area contributed by atoms with Crippen LogP contribution in [0.1, 0.15) is 84.1 Å². The van der Waals surface area contributed by atoms with Crippen molar-refractivity contribution in [3.05, 3.63) is 23.5 Å². The van der Waals surface area contributed by atoms with Crippen molar-refractivity contribution in [3.63, 3.8) is 0 Å². The number of aliphatic hydroxyl groups is 1. The van der Waals surface area contributed by atoms with E-state index in [2.05, 4.69) is 19.2 Å². The highest BCUT2D eigenvalue weighted by atomic mass is 19.1. The van der Waals surface area contributed by atoms with Gasteiger partial charge in [0.15, 0.2) is 11.6 Å². The molecular formula is C29H43FN2O2. The third kappa shape index (κ3) is 3.68. The van der Waals surface area contributed by atoms with Crippen LogP contribution in [0.25, 0.3) is 0 Å². The molecule has 5 rings (SSSR count). The van der Waals surface area contributed by atoms with Gasteiger partial charge >= 0.3 is 0 Å². The number of ketones is 1. The molecule has 4 nitrogen and oxygen atoms in total. The van der Waals surface area contributed by atoms with E-state index in [1.807, 2.05) is 6.92 Å². The second-order valence-electron chi connectivity index (χ2n) is 13.0. The van der Waals surface area contributed by atoms with Gasteiger partial charge in [0, 0.05) is 5.92 Å². The summed E-state index contributed by atoms with van der Waals surface area (Å²) in [5, 5.41) is 13.9. The summed E-state index contributed by atoms with van der Waals surface area (Å²) in [6, 6.07) is 3.47. The molecule has 0 radical (unpaired) electrons. The van der Waals surface area contributed by atoms with Crippen molar-refractivity contribution in [1.29, 1.82) is 0 Å². The summed E-state index contributed by atoms with van der Waals surface area (Å²) in [6.07, 6.45) is 9.92. The number of aryl methyl sites for hydroxylation is 1. The first-order valence-corrected chi connectivity index (χ1v) is 13.5. The standard InChI is InChI=1S/C29H43FN2O2/c1-17-5-10-23(26(31)25(17)30)32-16-24(33)22-9-8-20-19-7-6-18-15-27(2,34)13-14-28(18,3)21(19)11-12-29(20,22)4/h5,10,18-22,32,34H,6-9,11-16,31H2,1-4H3/t18-,19-,20-,21-,22+,27+,28-,29-/m0/s1. The van der Waals surface area contributed by atoms with Gasteiger partial charge in [-0.2, -0.15) is 0 Å². The Balaban J connectivity index is 1.29. The molecule has 34 heavy (non-hydrogen) atoms. The van der Waals surface area contributed by atoms with Crippen molar-refractivity contribution in [3.8, 4) is 0 Å². The summed E-state index contributed by atoms with van der Waals surface area (Å²) < 4.78 is 14.2. The summed E-state index contributed by atoms with van der Waals surface area (Å²) in [6.45, 7) is 8.82. The number of fused-ring (bicyclic) bond motifs is 5. The van der Waals surface area contributed by atoms with E-state index in [1.165, 1.54) is 19.3 Å². The summed E-state index contributed by atoms with van der Waals surface area (Å²) in [7, 11) is 0. The monoisotopic (exact) mass is 470 g/mol. The molecule has 4 saturated carbocycles. The first-order valence-electron chi connectivity index (χ1n) is 13.5. The van der Waals surface area contributed by atoms with Gasteiger partial charge in [-0.05, 0) is 118 Å². The average molecular weight is 471 g/mol. The molecule has 5 heteroatoms. The van der Waals surface area contributed by atoms with Gasteiger partial charge in [-0.3, -0.25) is 4.79 Å². The summed E-state index contributed by atoms with van der Waals surface area (Å²) in [5.41, 5.74) is 6.97. The number of hydrogen-bond donors (Lipinski definition) is 3. The van der Waals surface area contributed by atoms with Gasteiger partial charge in [0.1, 0.15) is 0 Å². The SMILES string of the molecule is Cc1ccc(NCC(=O)[C@H]2CC[C@H]3[C@@H]4CC[C@H]5C[C@](C)(O)CC[C@]5(C)[C@H]4CC[C@]23C)c(N)c1F. The highest BCUT2D eigenvalue weighted by Gasteiger charge is 2.61. The molecule has 4 aliphatic rings. The van der Waals surface area contributed by atoms with Gasteiger partial charge < -0.3 is 16.2 Å². The minimum Gasteiger partial charge on any atom is -0.395 e. The Bertz CT molecular complexity index is 977. The number of carbonyl (C=O) groups is 1. The lowest BCUT2D eigenvalue weighted by Crippen LogP contribution is -2.55. The number of nitrogens with one attached hydrogen (secondary N) is 1. The summed E-state index contributed by atoms with van der Waals surface area (Å²) >= 11 is 0. The summed E-state index contributed by atoms with van der Waals surface area (Å²) in [5.74, 6) is 2.58. The molecule has 1 aromatic carbocycles. The number of rotatable bonds is 4. The van der Waals surface area contributed by atoms with Crippen LogP contribution in [0.4, 0.5) is 15.8 Å². The zero-order valence-electron chi connectivity index (χ0n) is 21.4. The number of Topliss-reactive ketones (excluding diaryl/α,β-unsaturated/α-hetero) is 1. The van der Waals surface area contributed by atoms with Crippen LogP contribution < -0.4 is 11.1 Å². The van der Waals surface area contributed by atoms with Crippen LogP contribution in [0.3, 0.4) is 0 Å². The zero-order chi connectivity index (χ0) is 24.5. The fraction of sp³-hybridized carbons (Fsp3) is 0.759. The van der Waals surface area contributed by atoms with Crippen molar-refractivity contribution in [2.45, 2.75) is 91.1 Å². The average Bonchev–Trinajstić information content (AvgIpc) is 3.14. The quantitative estimate of drug-likeness (QED) is 0.464. The smallest absolute Gasteiger partial charge is 0.155 e. The molecule has 0 aromatic heterocycles. The Hall–Kier alpha value is -1.62. The van der Waals surface area contributed by atoms with Gasteiger partial charge in [-0.1, -0.05) is 19.9 Å². The van der Waals surface area contributed by atoms with Gasteiger partial charge in [-0.25, -0.2) is 4.39 Å². The Morgan fingerprint density at radius 3 is 2.56 bits per heavy atom. The van der Waals surface area contributed by atoms with E-state index in [9.17, 15) is 14.3 Å². The molecule has 1 aromatic rings. The molecule has 8 atom stereocenters. The first-order chi connectivity index (χ1) is 16.0. The third-order valence-electron chi connectivity index (χ3n) is 11.2. The number of hydrogen-bond acceptors (Lipinski definition) is 4. The van der Waals surface area contributed by atoms with Crippen LogP contribution in [0.15, 0.2) is 12.1 Å². The molecule has 188 valence electrons. The highest BCUT2D eigenvalue weighted by molar-refractivity contribution is 5.87.